The molecule has 0 spiro atoms. The maximum atomic E-state index is 11.2. The fraction of sp³-hybridized carbons (Fsp3) is 0.286. The average Bonchev–Trinajstić information content (AvgIpc) is 2.99. The van der Waals surface area contributed by atoms with Crippen molar-refractivity contribution < 1.29 is 14.3 Å². The first-order valence-electron chi connectivity index (χ1n) is 6.11. The molecule has 2 N–H and O–H groups in total. The van der Waals surface area contributed by atoms with Crippen LogP contribution in [0.5, 0.6) is 5.75 Å². The number of ether oxygens (including phenoxy) is 2. The topological polar surface area (TPSA) is 74.4 Å². The molecule has 5 nitrogen and oxygen atoms in total. The predicted octanol–water partition coefficient (Wildman–Crippen LogP) is 1.76. The second-order valence-corrected chi connectivity index (χ2v) is 5.21. The molecule has 1 aromatic carbocycles. The van der Waals surface area contributed by atoms with Crippen molar-refractivity contribution in [3.8, 4) is 5.75 Å². The summed E-state index contributed by atoms with van der Waals surface area (Å²) in [7, 11) is 1.33. The lowest BCUT2D eigenvalue weighted by Crippen LogP contribution is -2.33. The van der Waals surface area contributed by atoms with Gasteiger partial charge in [-0.1, -0.05) is 12.1 Å². The van der Waals surface area contributed by atoms with Crippen molar-refractivity contribution in [2.45, 2.75) is 19.1 Å². The Labute approximate surface area is 121 Å². The van der Waals surface area contributed by atoms with Crippen LogP contribution in [0.25, 0.3) is 0 Å². The second kappa shape index (κ2) is 7.02. The van der Waals surface area contributed by atoms with Crippen LogP contribution >= 0.6 is 11.3 Å². The zero-order valence-electron chi connectivity index (χ0n) is 11.1. The number of aromatic nitrogens is 1. The minimum absolute atomic E-state index is 0.407. The molecule has 0 saturated carbocycles. The van der Waals surface area contributed by atoms with E-state index in [2.05, 4.69) is 9.72 Å². The minimum Gasteiger partial charge on any atom is -0.488 e. The quantitative estimate of drug-likeness (QED) is 0.821. The molecule has 2 rings (SSSR count). The highest BCUT2D eigenvalue weighted by Gasteiger charge is 2.13. The molecule has 0 aliphatic rings. The molecular weight excluding hydrogens is 276 g/mol. The Bertz CT molecular complexity index is 540. The fourth-order valence-electron chi connectivity index (χ4n) is 1.68. The molecule has 106 valence electrons. The molecule has 0 fully saturated rings. The predicted molar refractivity (Wildman–Crippen MR) is 76.6 cm³/mol. The third-order valence-corrected chi connectivity index (χ3v) is 3.50. The summed E-state index contributed by atoms with van der Waals surface area (Å²) in [5.74, 6) is 0.365. The van der Waals surface area contributed by atoms with Crippen molar-refractivity contribution in [2.75, 3.05) is 7.11 Å². The molecule has 0 amide bonds. The highest BCUT2D eigenvalue weighted by molar-refractivity contribution is 7.09. The van der Waals surface area contributed by atoms with Gasteiger partial charge in [-0.3, -0.25) is 9.78 Å². The molecule has 0 radical (unpaired) electrons. The van der Waals surface area contributed by atoms with E-state index in [4.69, 9.17) is 10.5 Å². The number of benzene rings is 1. The van der Waals surface area contributed by atoms with Gasteiger partial charge in [-0.2, -0.15) is 0 Å². The van der Waals surface area contributed by atoms with E-state index in [0.717, 1.165) is 16.2 Å². The van der Waals surface area contributed by atoms with Crippen LogP contribution in [0.4, 0.5) is 0 Å². The SMILES string of the molecule is COC(=O)C(N)Cc1ccc(OCc2cncs2)cc1. The number of hydrogen-bond donors (Lipinski definition) is 1. The third-order valence-electron chi connectivity index (χ3n) is 2.75. The number of nitrogens with zero attached hydrogens (tertiary/aromatic N) is 1. The van der Waals surface area contributed by atoms with Crippen molar-refractivity contribution in [1.82, 2.24) is 4.98 Å². The van der Waals surface area contributed by atoms with E-state index in [-0.39, 0.29) is 0 Å². The number of methoxy groups -OCH3 is 1. The van der Waals surface area contributed by atoms with Gasteiger partial charge in [0.25, 0.3) is 0 Å². The lowest BCUT2D eigenvalue weighted by atomic mass is 10.1. The Morgan fingerprint density at radius 2 is 2.15 bits per heavy atom. The van der Waals surface area contributed by atoms with E-state index in [1.165, 1.54) is 7.11 Å². The molecule has 20 heavy (non-hydrogen) atoms. The van der Waals surface area contributed by atoms with Gasteiger partial charge in [0.05, 0.1) is 17.5 Å². The number of nitrogens with two attached hydrogens (primary N) is 1. The maximum Gasteiger partial charge on any atom is 0.322 e. The molecule has 1 unspecified atom stereocenters. The Hall–Kier alpha value is -1.92. The van der Waals surface area contributed by atoms with Gasteiger partial charge in [0.2, 0.25) is 0 Å². The van der Waals surface area contributed by atoms with Gasteiger partial charge >= 0.3 is 5.97 Å². The molecular formula is C14H16N2O3S. The molecule has 1 aromatic heterocycles. The van der Waals surface area contributed by atoms with Crippen LogP contribution < -0.4 is 10.5 Å². The molecule has 0 aliphatic carbocycles. The van der Waals surface area contributed by atoms with E-state index in [1.54, 1.807) is 23.0 Å². The number of esters is 1. The molecule has 1 atom stereocenters. The molecule has 0 bridgehead atoms. The number of thiazole rings is 1. The largest absolute Gasteiger partial charge is 0.488 e. The summed E-state index contributed by atoms with van der Waals surface area (Å²) in [5, 5.41) is 0. The first-order valence-corrected chi connectivity index (χ1v) is 6.99. The summed E-state index contributed by atoms with van der Waals surface area (Å²) < 4.78 is 10.2. The van der Waals surface area contributed by atoms with E-state index < -0.39 is 12.0 Å². The van der Waals surface area contributed by atoms with E-state index in [0.29, 0.717) is 13.0 Å². The zero-order valence-corrected chi connectivity index (χ0v) is 11.9. The van der Waals surface area contributed by atoms with Gasteiger partial charge in [0.1, 0.15) is 18.4 Å². The lowest BCUT2D eigenvalue weighted by molar-refractivity contribution is -0.142. The standard InChI is InChI=1S/C14H16N2O3S/c1-18-14(17)13(15)6-10-2-4-11(5-3-10)19-8-12-7-16-9-20-12/h2-5,7,9,13H,6,8,15H2,1H3. The van der Waals surface area contributed by atoms with E-state index in [9.17, 15) is 4.79 Å². The molecule has 6 heteroatoms. The van der Waals surface area contributed by atoms with Crippen LogP contribution in [0.3, 0.4) is 0 Å². The van der Waals surface area contributed by atoms with Gasteiger partial charge in [0.15, 0.2) is 0 Å². The van der Waals surface area contributed by atoms with Crippen LogP contribution in [0.1, 0.15) is 10.4 Å². The smallest absolute Gasteiger partial charge is 0.322 e. The second-order valence-electron chi connectivity index (χ2n) is 4.23. The Balaban J connectivity index is 1.87. The van der Waals surface area contributed by atoms with Crippen molar-refractivity contribution in [1.29, 1.82) is 0 Å². The number of hydrogen-bond acceptors (Lipinski definition) is 6. The summed E-state index contributed by atoms with van der Waals surface area (Å²) in [6.45, 7) is 0.506. The first kappa shape index (κ1) is 14.5. The van der Waals surface area contributed by atoms with Crippen LogP contribution in [-0.4, -0.2) is 24.1 Å². The Kier molecular flexibility index (Phi) is 5.09. The molecule has 0 saturated heterocycles. The van der Waals surface area contributed by atoms with Gasteiger partial charge in [-0.05, 0) is 24.1 Å². The van der Waals surface area contributed by atoms with Crippen molar-refractivity contribution in [2.24, 2.45) is 5.73 Å². The molecule has 1 heterocycles. The molecule has 2 aromatic rings. The summed E-state index contributed by atoms with van der Waals surface area (Å²) in [5.41, 5.74) is 8.45. The first-order chi connectivity index (χ1) is 9.69. The van der Waals surface area contributed by atoms with E-state index >= 15 is 0 Å². The highest BCUT2D eigenvalue weighted by atomic mass is 32.1. The van der Waals surface area contributed by atoms with Gasteiger partial charge in [-0.15, -0.1) is 11.3 Å². The van der Waals surface area contributed by atoms with Crippen LogP contribution in [0, 0.1) is 0 Å². The van der Waals surface area contributed by atoms with E-state index in [1.807, 2.05) is 24.3 Å². The van der Waals surface area contributed by atoms with Crippen LogP contribution in [0.15, 0.2) is 36.0 Å². The third kappa shape index (κ3) is 4.04. The number of carbonyl (C=O) groups is 1. The Morgan fingerprint density at radius 1 is 1.40 bits per heavy atom. The minimum atomic E-state index is -0.635. The van der Waals surface area contributed by atoms with Crippen molar-refractivity contribution >= 4 is 17.3 Å². The lowest BCUT2D eigenvalue weighted by Gasteiger charge is -2.10. The number of rotatable bonds is 6. The summed E-state index contributed by atoms with van der Waals surface area (Å²) in [6, 6.07) is 6.88. The number of carbonyl (C=O) groups excluding carboxylic acids is 1. The Morgan fingerprint density at radius 3 is 2.75 bits per heavy atom. The maximum absolute atomic E-state index is 11.2. The monoisotopic (exact) mass is 292 g/mol. The van der Waals surface area contributed by atoms with Crippen LogP contribution in [-0.2, 0) is 22.6 Å². The fourth-order valence-corrected chi connectivity index (χ4v) is 2.18. The summed E-state index contributed by atoms with van der Waals surface area (Å²) in [4.78, 5) is 16.3. The normalized spacial score (nSPS) is 11.9. The highest BCUT2D eigenvalue weighted by Crippen LogP contribution is 2.16. The van der Waals surface area contributed by atoms with Gasteiger partial charge < -0.3 is 15.2 Å². The van der Waals surface area contributed by atoms with Gasteiger partial charge in [0, 0.05) is 6.20 Å². The molecule has 0 aliphatic heterocycles. The summed E-state index contributed by atoms with van der Waals surface area (Å²) in [6.07, 6.45) is 2.23. The zero-order chi connectivity index (χ0) is 14.4. The van der Waals surface area contributed by atoms with Crippen molar-refractivity contribution in [3.63, 3.8) is 0 Å². The van der Waals surface area contributed by atoms with Gasteiger partial charge in [-0.25, -0.2) is 0 Å². The van der Waals surface area contributed by atoms with Crippen LogP contribution in [0.2, 0.25) is 0 Å². The van der Waals surface area contributed by atoms with Crippen molar-refractivity contribution in [3.05, 3.63) is 46.4 Å². The summed E-state index contributed by atoms with van der Waals surface area (Å²) >= 11 is 1.56. The average molecular weight is 292 g/mol.